The molecule has 1 unspecified atom stereocenters. The molecule has 0 bridgehead atoms. The standard InChI is InChI=1S/C11H21N5S/c1-9-5-2-3-7-16(9)8-4-6-13-11-14-10(12)15-17-11/h9H,2-8H2,1H3,(H3,12,13,14,15). The van der Waals surface area contributed by atoms with Gasteiger partial charge in [0.25, 0.3) is 0 Å². The van der Waals surface area contributed by atoms with Crippen molar-refractivity contribution in [3.05, 3.63) is 0 Å². The highest BCUT2D eigenvalue weighted by Crippen LogP contribution is 2.16. The van der Waals surface area contributed by atoms with Crippen LogP contribution in [0, 0.1) is 0 Å². The number of piperidine rings is 1. The van der Waals surface area contributed by atoms with Crippen molar-refractivity contribution in [3.63, 3.8) is 0 Å². The minimum absolute atomic E-state index is 0.363. The van der Waals surface area contributed by atoms with Crippen LogP contribution in [0.3, 0.4) is 0 Å². The van der Waals surface area contributed by atoms with Gasteiger partial charge in [0.05, 0.1) is 0 Å². The van der Waals surface area contributed by atoms with E-state index >= 15 is 0 Å². The van der Waals surface area contributed by atoms with Gasteiger partial charge in [-0.3, -0.25) is 0 Å². The van der Waals surface area contributed by atoms with Crippen LogP contribution < -0.4 is 11.1 Å². The monoisotopic (exact) mass is 255 g/mol. The van der Waals surface area contributed by atoms with Gasteiger partial charge in [-0.1, -0.05) is 6.42 Å². The molecule has 1 saturated heterocycles. The van der Waals surface area contributed by atoms with Crippen molar-refractivity contribution in [3.8, 4) is 0 Å². The van der Waals surface area contributed by atoms with E-state index in [1.54, 1.807) is 0 Å². The van der Waals surface area contributed by atoms with Gasteiger partial charge in [-0.25, -0.2) is 0 Å². The maximum atomic E-state index is 5.46. The number of nitrogen functional groups attached to an aromatic ring is 1. The molecular weight excluding hydrogens is 234 g/mol. The molecule has 96 valence electrons. The zero-order valence-corrected chi connectivity index (χ0v) is 11.2. The molecule has 3 N–H and O–H groups in total. The lowest BCUT2D eigenvalue weighted by Gasteiger charge is -2.33. The molecule has 0 aliphatic carbocycles. The summed E-state index contributed by atoms with van der Waals surface area (Å²) in [6.45, 7) is 5.70. The Hall–Kier alpha value is -0.880. The molecule has 1 aliphatic rings. The molecule has 0 spiro atoms. The summed E-state index contributed by atoms with van der Waals surface area (Å²) in [7, 11) is 0. The molecule has 1 aromatic rings. The van der Waals surface area contributed by atoms with Crippen LogP contribution in [-0.2, 0) is 0 Å². The van der Waals surface area contributed by atoms with Crippen LogP contribution in [0.1, 0.15) is 32.6 Å². The SMILES string of the molecule is CC1CCCCN1CCCNc1nc(N)ns1. The third kappa shape index (κ3) is 3.81. The highest BCUT2D eigenvalue weighted by Gasteiger charge is 2.16. The number of rotatable bonds is 5. The summed E-state index contributed by atoms with van der Waals surface area (Å²) in [6.07, 6.45) is 5.23. The first-order valence-corrected chi connectivity index (χ1v) is 7.10. The first-order valence-electron chi connectivity index (χ1n) is 6.33. The highest BCUT2D eigenvalue weighted by atomic mass is 32.1. The van der Waals surface area contributed by atoms with E-state index in [2.05, 4.69) is 26.5 Å². The Balaban J connectivity index is 1.62. The lowest BCUT2D eigenvalue weighted by atomic mass is 10.0. The van der Waals surface area contributed by atoms with Gasteiger partial charge in [-0.05, 0) is 32.7 Å². The quantitative estimate of drug-likeness (QED) is 0.785. The van der Waals surface area contributed by atoms with E-state index in [1.807, 2.05) is 0 Å². The highest BCUT2D eigenvalue weighted by molar-refractivity contribution is 7.09. The van der Waals surface area contributed by atoms with Crippen LogP contribution >= 0.6 is 11.5 Å². The predicted octanol–water partition coefficient (Wildman–Crippen LogP) is 1.80. The van der Waals surface area contributed by atoms with Crippen LogP contribution in [0.2, 0.25) is 0 Å². The molecule has 1 atom stereocenters. The number of anilines is 2. The predicted molar refractivity (Wildman–Crippen MR) is 72.3 cm³/mol. The second-order valence-corrected chi connectivity index (χ2v) is 5.37. The van der Waals surface area contributed by atoms with Gasteiger partial charge in [0.15, 0.2) is 0 Å². The van der Waals surface area contributed by atoms with Gasteiger partial charge in [0.1, 0.15) is 0 Å². The molecule has 1 fully saturated rings. The van der Waals surface area contributed by atoms with E-state index < -0.39 is 0 Å². The van der Waals surface area contributed by atoms with Crippen molar-refractivity contribution in [2.24, 2.45) is 0 Å². The molecule has 1 aromatic heterocycles. The van der Waals surface area contributed by atoms with Crippen LogP contribution in [0.15, 0.2) is 0 Å². The second kappa shape index (κ2) is 6.16. The van der Waals surface area contributed by atoms with Crippen molar-refractivity contribution in [2.45, 2.75) is 38.6 Å². The number of nitrogens with two attached hydrogens (primary N) is 1. The zero-order chi connectivity index (χ0) is 12.1. The number of nitrogens with one attached hydrogen (secondary N) is 1. The number of nitrogens with zero attached hydrogens (tertiary/aromatic N) is 3. The van der Waals surface area contributed by atoms with E-state index in [-0.39, 0.29) is 0 Å². The summed E-state index contributed by atoms with van der Waals surface area (Å²) < 4.78 is 3.93. The average molecular weight is 255 g/mol. The topological polar surface area (TPSA) is 67.1 Å². The Morgan fingerprint density at radius 2 is 2.41 bits per heavy atom. The fourth-order valence-electron chi connectivity index (χ4n) is 2.27. The summed E-state index contributed by atoms with van der Waals surface area (Å²) in [6, 6.07) is 0.751. The van der Waals surface area contributed by atoms with Crippen molar-refractivity contribution >= 4 is 22.6 Å². The number of hydrogen-bond donors (Lipinski definition) is 2. The van der Waals surface area contributed by atoms with Gasteiger partial charge < -0.3 is 16.0 Å². The molecule has 17 heavy (non-hydrogen) atoms. The fourth-order valence-corrected chi connectivity index (χ4v) is 2.80. The van der Waals surface area contributed by atoms with Gasteiger partial charge >= 0.3 is 0 Å². The molecule has 2 rings (SSSR count). The molecule has 0 radical (unpaired) electrons. The van der Waals surface area contributed by atoms with Crippen molar-refractivity contribution < 1.29 is 0 Å². The number of likely N-dealkylation sites (tertiary alicyclic amines) is 1. The Morgan fingerprint density at radius 3 is 3.12 bits per heavy atom. The molecule has 5 nitrogen and oxygen atoms in total. The van der Waals surface area contributed by atoms with Crippen molar-refractivity contribution in [1.82, 2.24) is 14.3 Å². The van der Waals surface area contributed by atoms with Crippen LogP contribution in [-0.4, -0.2) is 39.9 Å². The first kappa shape index (κ1) is 12.6. The fraction of sp³-hybridized carbons (Fsp3) is 0.818. The minimum atomic E-state index is 0.363. The molecular formula is C11H21N5S. The number of aromatic nitrogens is 2. The van der Waals surface area contributed by atoms with Crippen LogP contribution in [0.25, 0.3) is 0 Å². The average Bonchev–Trinajstić information content (AvgIpc) is 2.73. The Morgan fingerprint density at radius 1 is 1.53 bits per heavy atom. The van der Waals surface area contributed by atoms with Crippen LogP contribution in [0.5, 0.6) is 0 Å². The maximum absolute atomic E-state index is 5.46. The van der Waals surface area contributed by atoms with E-state index in [0.717, 1.165) is 24.1 Å². The zero-order valence-electron chi connectivity index (χ0n) is 10.4. The van der Waals surface area contributed by atoms with Crippen molar-refractivity contribution in [2.75, 3.05) is 30.7 Å². The van der Waals surface area contributed by atoms with E-state index in [9.17, 15) is 0 Å². The van der Waals surface area contributed by atoms with E-state index in [4.69, 9.17) is 5.73 Å². The summed E-state index contributed by atoms with van der Waals surface area (Å²) in [4.78, 5) is 6.65. The smallest absolute Gasteiger partial charge is 0.233 e. The van der Waals surface area contributed by atoms with Gasteiger partial charge in [0, 0.05) is 30.7 Å². The summed E-state index contributed by atoms with van der Waals surface area (Å²) in [5.41, 5.74) is 5.46. The van der Waals surface area contributed by atoms with Crippen LogP contribution in [0.4, 0.5) is 11.1 Å². The second-order valence-electron chi connectivity index (χ2n) is 4.62. The summed E-state index contributed by atoms with van der Waals surface area (Å²) >= 11 is 1.33. The molecule has 2 heterocycles. The summed E-state index contributed by atoms with van der Waals surface area (Å²) in [5.74, 6) is 0.363. The molecule has 6 heteroatoms. The Kier molecular flexibility index (Phi) is 4.56. The largest absolute Gasteiger partial charge is 0.367 e. The third-order valence-electron chi connectivity index (χ3n) is 3.28. The molecule has 1 aliphatic heterocycles. The molecule has 0 aromatic carbocycles. The van der Waals surface area contributed by atoms with Gasteiger partial charge in [-0.2, -0.15) is 9.36 Å². The van der Waals surface area contributed by atoms with Gasteiger partial charge in [-0.15, -0.1) is 0 Å². The van der Waals surface area contributed by atoms with Crippen molar-refractivity contribution in [1.29, 1.82) is 0 Å². The number of hydrogen-bond acceptors (Lipinski definition) is 6. The van der Waals surface area contributed by atoms with E-state index in [0.29, 0.717) is 5.95 Å². The molecule has 0 amide bonds. The minimum Gasteiger partial charge on any atom is -0.367 e. The lowest BCUT2D eigenvalue weighted by Crippen LogP contribution is -2.38. The van der Waals surface area contributed by atoms with E-state index in [1.165, 1.54) is 43.9 Å². The third-order valence-corrected chi connectivity index (χ3v) is 3.97. The Labute approximate surface area is 107 Å². The molecule has 0 saturated carbocycles. The van der Waals surface area contributed by atoms with Gasteiger partial charge in [0.2, 0.25) is 11.1 Å². The lowest BCUT2D eigenvalue weighted by molar-refractivity contribution is 0.160. The Bertz CT molecular complexity index is 340. The first-order chi connectivity index (χ1) is 8.25. The maximum Gasteiger partial charge on any atom is 0.233 e. The normalized spacial score (nSPS) is 21.6. The summed E-state index contributed by atoms with van der Waals surface area (Å²) in [5, 5.41) is 4.09.